The van der Waals surface area contributed by atoms with Gasteiger partial charge in [0.25, 0.3) is 11.8 Å². The van der Waals surface area contributed by atoms with Crippen molar-refractivity contribution >= 4 is 51.9 Å². The zero-order valence-corrected chi connectivity index (χ0v) is 35.5. The van der Waals surface area contributed by atoms with E-state index in [4.69, 9.17) is 15.6 Å². The maximum absolute atomic E-state index is 15.9. The van der Waals surface area contributed by atoms with Crippen LogP contribution in [-0.4, -0.2) is 112 Å². The third-order valence-corrected chi connectivity index (χ3v) is 12.8. The summed E-state index contributed by atoms with van der Waals surface area (Å²) in [5, 5.41) is 10.5. The fraction of sp³-hybridized carbons (Fsp3) is 0.298. The van der Waals surface area contributed by atoms with Crippen LogP contribution in [0.3, 0.4) is 0 Å². The number of methoxy groups -OCH3 is 1. The number of imide groups is 1. The van der Waals surface area contributed by atoms with Gasteiger partial charge in [-0.1, -0.05) is 30.3 Å². The van der Waals surface area contributed by atoms with Crippen molar-refractivity contribution in [2.75, 3.05) is 68.5 Å². The van der Waals surface area contributed by atoms with Crippen LogP contribution in [0.25, 0.3) is 28.0 Å². The van der Waals surface area contributed by atoms with Gasteiger partial charge in [-0.05, 0) is 60.0 Å². The number of nitrogens with zero attached hydrogens (tertiary/aromatic N) is 8. The van der Waals surface area contributed by atoms with Gasteiger partial charge in [0, 0.05) is 94.1 Å². The molecule has 2 aromatic heterocycles. The zero-order chi connectivity index (χ0) is 44.9. The summed E-state index contributed by atoms with van der Waals surface area (Å²) in [6.45, 7) is 6.21. The summed E-state index contributed by atoms with van der Waals surface area (Å²) in [6, 6.07) is 21.5. The molecule has 10 rings (SSSR count). The number of ether oxygens (including phenoxy) is 1. The maximum atomic E-state index is 15.9. The highest BCUT2D eigenvalue weighted by Crippen LogP contribution is 2.35. The average Bonchev–Trinajstić information content (AvgIpc) is 3.85. The average molecular weight is 882 g/mol. The van der Waals surface area contributed by atoms with E-state index in [9.17, 15) is 23.6 Å². The van der Waals surface area contributed by atoms with Crippen LogP contribution >= 0.6 is 0 Å². The van der Waals surface area contributed by atoms with Gasteiger partial charge in [0.1, 0.15) is 41.3 Å². The van der Waals surface area contributed by atoms with Gasteiger partial charge in [-0.2, -0.15) is 5.10 Å². The number of benzene rings is 4. The Morgan fingerprint density at radius 1 is 0.908 bits per heavy atom. The van der Waals surface area contributed by atoms with Crippen LogP contribution in [0.2, 0.25) is 0 Å². The van der Waals surface area contributed by atoms with E-state index in [0.29, 0.717) is 58.1 Å². The minimum Gasteiger partial charge on any atom is -0.496 e. The first-order valence-corrected chi connectivity index (χ1v) is 21.5. The summed E-state index contributed by atoms with van der Waals surface area (Å²) in [7, 11) is 1.42. The van der Waals surface area contributed by atoms with E-state index in [0.717, 1.165) is 68.7 Å². The van der Waals surface area contributed by atoms with Crippen LogP contribution in [0.15, 0.2) is 85.2 Å². The Hall–Kier alpha value is -7.47. The number of halogens is 2. The van der Waals surface area contributed by atoms with Gasteiger partial charge in [-0.3, -0.25) is 29.4 Å². The molecule has 0 saturated carbocycles. The summed E-state index contributed by atoms with van der Waals surface area (Å²) in [6.07, 6.45) is 1.90. The summed E-state index contributed by atoms with van der Waals surface area (Å²) in [4.78, 5) is 67.3. The Balaban J connectivity index is 0.747. The number of amides is 4. The Bertz CT molecular complexity index is 2880. The number of carbonyl (C=O) groups excluding carboxylic acids is 4. The highest BCUT2D eigenvalue weighted by molar-refractivity contribution is 6.06. The number of hydrogen-bond donors (Lipinski definition) is 3. The topological polar surface area (TPSA) is 184 Å². The third kappa shape index (κ3) is 7.94. The second-order valence-electron chi connectivity index (χ2n) is 16.9. The van der Waals surface area contributed by atoms with Crippen LogP contribution < -0.4 is 30.9 Å². The number of aromatic nitrogens is 4. The van der Waals surface area contributed by atoms with E-state index in [2.05, 4.69) is 30.4 Å². The van der Waals surface area contributed by atoms with Crippen molar-refractivity contribution < 1.29 is 32.7 Å². The molecule has 65 heavy (non-hydrogen) atoms. The minimum absolute atomic E-state index is 0.0938. The van der Waals surface area contributed by atoms with Crippen LogP contribution in [0, 0.1) is 17.6 Å². The molecule has 4 aliphatic rings. The largest absolute Gasteiger partial charge is 0.496 e. The predicted molar refractivity (Wildman–Crippen MR) is 237 cm³/mol. The SMILES string of the molecule is COc1ccc(F)cc1C(=O)NCc1ccc(-c2nn(-c3ccc(N4CC(CN5CCN(c6ccc7c(c6)C(=O)N(C6CCC(=O)NC6=O)C7)CC5)C4)c(F)c3)c3ncnc(N)c23)cc1. The molecule has 0 aliphatic carbocycles. The van der Waals surface area contributed by atoms with Crippen molar-refractivity contribution in [3.8, 4) is 22.7 Å². The number of rotatable bonds is 11. The molecule has 332 valence electrons. The summed E-state index contributed by atoms with van der Waals surface area (Å²) in [5.41, 5.74) is 12.4. The van der Waals surface area contributed by atoms with Crippen LogP contribution in [0.1, 0.15) is 44.7 Å². The molecule has 16 nitrogen and oxygen atoms in total. The van der Waals surface area contributed by atoms with Crippen LogP contribution in [0.5, 0.6) is 5.75 Å². The lowest BCUT2D eigenvalue weighted by atomic mass is 9.97. The Kier molecular flexibility index (Phi) is 10.8. The number of nitrogen functional groups attached to an aromatic ring is 1. The lowest BCUT2D eigenvalue weighted by Crippen LogP contribution is -2.55. The highest BCUT2D eigenvalue weighted by Gasteiger charge is 2.39. The van der Waals surface area contributed by atoms with Crippen molar-refractivity contribution in [2.24, 2.45) is 5.92 Å². The number of fused-ring (bicyclic) bond motifs is 2. The number of nitrogens with two attached hydrogens (primary N) is 1. The van der Waals surface area contributed by atoms with E-state index in [1.807, 2.05) is 53.4 Å². The Morgan fingerprint density at radius 2 is 1.69 bits per heavy atom. The molecule has 1 unspecified atom stereocenters. The van der Waals surface area contributed by atoms with Crippen molar-refractivity contribution in [3.63, 3.8) is 0 Å². The molecule has 0 radical (unpaired) electrons. The van der Waals surface area contributed by atoms with E-state index in [-0.39, 0.29) is 47.7 Å². The molecule has 4 aromatic carbocycles. The molecule has 6 aromatic rings. The van der Waals surface area contributed by atoms with E-state index in [1.165, 1.54) is 31.6 Å². The summed E-state index contributed by atoms with van der Waals surface area (Å²) >= 11 is 0. The quantitative estimate of drug-likeness (QED) is 0.157. The van der Waals surface area contributed by atoms with Crippen LogP contribution in [0.4, 0.5) is 26.0 Å². The van der Waals surface area contributed by atoms with Gasteiger partial charge in [0.2, 0.25) is 11.8 Å². The number of piperidine rings is 1. The van der Waals surface area contributed by atoms with E-state index < -0.39 is 23.7 Å². The second kappa shape index (κ2) is 16.9. The lowest BCUT2D eigenvalue weighted by Gasteiger charge is -2.45. The molecule has 3 saturated heterocycles. The van der Waals surface area contributed by atoms with Crippen LogP contribution in [-0.2, 0) is 22.7 Å². The standard InChI is InChI=1S/C47H45F2N11O5/c1-65-39-12-7-31(48)18-35(39)45(62)51-21-27-2-4-29(5-3-27)42-41-43(50)52-26-53-44(41)60(55-42)33-9-10-37(36(49)20-33)58-23-28(24-58)22-56-14-16-57(17-15-56)32-8-6-30-25-59(47(64)34(30)19-32)38-11-13-40(61)54-46(38)63/h2-10,12,18-20,26,28,38H,11,13-17,21-25H2,1H3,(H,51,62)(H2,50,52,53)(H,54,61,63). The molecule has 3 fully saturated rings. The number of piperazine rings is 1. The predicted octanol–water partition coefficient (Wildman–Crippen LogP) is 4.30. The highest BCUT2D eigenvalue weighted by atomic mass is 19.1. The lowest BCUT2D eigenvalue weighted by molar-refractivity contribution is -0.136. The van der Waals surface area contributed by atoms with Crippen molar-refractivity contribution in [1.82, 2.24) is 40.2 Å². The smallest absolute Gasteiger partial charge is 0.255 e. The molecule has 4 amide bonds. The molecule has 1 atom stereocenters. The Labute approximate surface area is 372 Å². The third-order valence-electron chi connectivity index (χ3n) is 12.8. The fourth-order valence-corrected chi connectivity index (χ4v) is 9.33. The monoisotopic (exact) mass is 881 g/mol. The molecular formula is C47H45F2N11O5. The molecule has 18 heteroatoms. The van der Waals surface area contributed by atoms with Crippen molar-refractivity contribution in [3.05, 3.63) is 119 Å². The van der Waals surface area contributed by atoms with Gasteiger partial charge < -0.3 is 30.5 Å². The molecular weight excluding hydrogens is 837 g/mol. The molecule has 4 aliphatic heterocycles. The van der Waals surface area contributed by atoms with E-state index in [1.54, 1.807) is 15.6 Å². The molecule has 6 heterocycles. The number of nitrogens with one attached hydrogen (secondary N) is 2. The summed E-state index contributed by atoms with van der Waals surface area (Å²) in [5.74, 6) is -1.41. The van der Waals surface area contributed by atoms with Gasteiger partial charge in [0.15, 0.2) is 5.65 Å². The van der Waals surface area contributed by atoms with Crippen molar-refractivity contribution in [2.45, 2.75) is 32.0 Å². The second-order valence-corrected chi connectivity index (χ2v) is 16.9. The zero-order valence-electron chi connectivity index (χ0n) is 35.5. The number of anilines is 3. The number of hydrogen-bond acceptors (Lipinski definition) is 12. The number of carbonyl (C=O) groups is 4. The van der Waals surface area contributed by atoms with Gasteiger partial charge in [0.05, 0.1) is 29.4 Å². The van der Waals surface area contributed by atoms with E-state index >= 15 is 4.39 Å². The van der Waals surface area contributed by atoms with Gasteiger partial charge in [-0.15, -0.1) is 0 Å². The first kappa shape index (κ1) is 41.5. The molecule has 0 spiro atoms. The normalized spacial score (nSPS) is 17.9. The van der Waals surface area contributed by atoms with Gasteiger partial charge >= 0.3 is 0 Å². The fourth-order valence-electron chi connectivity index (χ4n) is 9.33. The van der Waals surface area contributed by atoms with Crippen molar-refractivity contribution in [1.29, 1.82) is 0 Å². The summed E-state index contributed by atoms with van der Waals surface area (Å²) < 4.78 is 36.6. The molecule has 0 bridgehead atoms. The first-order valence-electron chi connectivity index (χ1n) is 21.5. The minimum atomic E-state index is -0.637. The molecule has 4 N–H and O–H groups in total. The van der Waals surface area contributed by atoms with Gasteiger partial charge in [-0.25, -0.2) is 23.4 Å². The first-order chi connectivity index (χ1) is 31.5. The Morgan fingerprint density at radius 3 is 2.45 bits per heavy atom. The maximum Gasteiger partial charge on any atom is 0.255 e.